The van der Waals surface area contributed by atoms with E-state index in [-0.39, 0.29) is 32.2 Å². The lowest BCUT2D eigenvalue weighted by molar-refractivity contribution is -0.140. The third-order valence-corrected chi connectivity index (χ3v) is 7.74. The van der Waals surface area contributed by atoms with E-state index in [2.05, 4.69) is 5.32 Å². The van der Waals surface area contributed by atoms with Gasteiger partial charge in [0.1, 0.15) is 23.7 Å². The first-order valence-electron chi connectivity index (χ1n) is 14.0. The Morgan fingerprint density at radius 3 is 2.40 bits per heavy atom. The summed E-state index contributed by atoms with van der Waals surface area (Å²) in [5.74, 6) is 0.268. The van der Waals surface area contributed by atoms with Gasteiger partial charge >= 0.3 is 0 Å². The van der Waals surface area contributed by atoms with E-state index in [9.17, 15) is 24.9 Å². The van der Waals surface area contributed by atoms with Gasteiger partial charge in [-0.15, -0.1) is 0 Å². The standard InChI is InChI=1S/C31H40N2O9/c1-17(2)31(38)33(10-8-19-14-20(39-3)6-7-24(19)40-4)23-15-22(30(37)32-9-11-34)26-21-12-18(16-35)13-25(41-5)28(21)42-29(26)27(23)36/h6-7,12-15,17,23,26-27,29,34-36H,8-11,16H2,1-5H3,(H,32,37). The number of fused-ring (bicyclic) bond motifs is 3. The summed E-state index contributed by atoms with van der Waals surface area (Å²) in [6.07, 6.45) is -0.0984. The highest BCUT2D eigenvalue weighted by Gasteiger charge is 2.51. The molecule has 2 aliphatic rings. The van der Waals surface area contributed by atoms with Crippen molar-refractivity contribution in [2.24, 2.45) is 5.92 Å². The van der Waals surface area contributed by atoms with Crippen LogP contribution in [0.2, 0.25) is 0 Å². The highest BCUT2D eigenvalue weighted by molar-refractivity contribution is 5.96. The van der Waals surface area contributed by atoms with Crippen LogP contribution in [0.4, 0.5) is 0 Å². The second-order valence-electron chi connectivity index (χ2n) is 10.6. The molecule has 0 aromatic heterocycles. The van der Waals surface area contributed by atoms with E-state index >= 15 is 0 Å². The lowest BCUT2D eigenvalue weighted by Gasteiger charge is -2.41. The number of hydrogen-bond donors (Lipinski definition) is 4. The first-order chi connectivity index (χ1) is 20.2. The van der Waals surface area contributed by atoms with Crippen molar-refractivity contribution < 1.29 is 43.9 Å². The van der Waals surface area contributed by atoms with Crippen LogP contribution in [0.15, 0.2) is 42.0 Å². The molecule has 42 heavy (non-hydrogen) atoms. The van der Waals surface area contributed by atoms with Crippen molar-refractivity contribution in [3.63, 3.8) is 0 Å². The number of hydrogen-bond acceptors (Lipinski definition) is 9. The second kappa shape index (κ2) is 13.5. The van der Waals surface area contributed by atoms with Crippen LogP contribution >= 0.6 is 0 Å². The molecule has 1 heterocycles. The van der Waals surface area contributed by atoms with Gasteiger partial charge in [-0.3, -0.25) is 9.59 Å². The van der Waals surface area contributed by atoms with Gasteiger partial charge in [0.15, 0.2) is 11.5 Å². The van der Waals surface area contributed by atoms with E-state index in [0.29, 0.717) is 46.1 Å². The Kier molecular flexibility index (Phi) is 9.97. The maximum absolute atomic E-state index is 13.6. The molecule has 4 unspecified atom stereocenters. The van der Waals surface area contributed by atoms with Crippen molar-refractivity contribution in [1.82, 2.24) is 10.2 Å². The molecule has 2 amide bonds. The molecule has 228 valence electrons. The van der Waals surface area contributed by atoms with Gasteiger partial charge in [-0.1, -0.05) is 13.8 Å². The number of benzene rings is 2. The summed E-state index contributed by atoms with van der Waals surface area (Å²) in [5.41, 5.74) is 2.26. The Balaban J connectivity index is 1.78. The van der Waals surface area contributed by atoms with E-state index in [1.165, 1.54) is 7.11 Å². The van der Waals surface area contributed by atoms with Crippen molar-refractivity contribution >= 4 is 11.8 Å². The zero-order valence-corrected chi connectivity index (χ0v) is 24.6. The number of nitrogens with one attached hydrogen (secondary N) is 1. The van der Waals surface area contributed by atoms with E-state index in [1.807, 2.05) is 6.07 Å². The minimum atomic E-state index is -1.20. The van der Waals surface area contributed by atoms with Crippen LogP contribution in [0.25, 0.3) is 0 Å². The highest BCUT2D eigenvalue weighted by atomic mass is 16.5. The fourth-order valence-corrected chi connectivity index (χ4v) is 5.68. The monoisotopic (exact) mass is 584 g/mol. The fourth-order valence-electron chi connectivity index (χ4n) is 5.68. The number of aliphatic hydroxyl groups excluding tert-OH is 3. The minimum absolute atomic E-state index is 0.0266. The molecule has 0 radical (unpaired) electrons. The third-order valence-electron chi connectivity index (χ3n) is 7.74. The van der Waals surface area contributed by atoms with E-state index in [4.69, 9.17) is 18.9 Å². The van der Waals surface area contributed by atoms with Gasteiger partial charge < -0.3 is 44.5 Å². The van der Waals surface area contributed by atoms with Crippen LogP contribution in [0, 0.1) is 5.92 Å². The quantitative estimate of drug-likeness (QED) is 0.292. The van der Waals surface area contributed by atoms with Crippen LogP contribution in [0.5, 0.6) is 23.0 Å². The largest absolute Gasteiger partial charge is 0.497 e. The summed E-state index contributed by atoms with van der Waals surface area (Å²) in [7, 11) is 4.61. The van der Waals surface area contributed by atoms with Crippen LogP contribution in [-0.4, -0.2) is 91.3 Å². The molecule has 1 aliphatic heterocycles. The number of methoxy groups -OCH3 is 3. The molecule has 4 atom stereocenters. The summed E-state index contributed by atoms with van der Waals surface area (Å²) in [6, 6.07) is 7.90. The molecule has 0 bridgehead atoms. The van der Waals surface area contributed by atoms with Crippen LogP contribution in [-0.2, 0) is 22.6 Å². The average Bonchev–Trinajstić information content (AvgIpc) is 3.40. The second-order valence-corrected chi connectivity index (χ2v) is 10.6. The third kappa shape index (κ3) is 6.04. The first kappa shape index (κ1) is 31.1. The summed E-state index contributed by atoms with van der Waals surface area (Å²) < 4.78 is 22.7. The molecule has 11 nitrogen and oxygen atoms in total. The molecular formula is C31H40N2O9. The van der Waals surface area contributed by atoms with Crippen molar-refractivity contribution in [2.75, 3.05) is 41.0 Å². The number of carbonyl (C=O) groups excluding carboxylic acids is 2. The van der Waals surface area contributed by atoms with Gasteiger partial charge in [-0.05, 0) is 54.0 Å². The van der Waals surface area contributed by atoms with Gasteiger partial charge in [0.2, 0.25) is 11.8 Å². The van der Waals surface area contributed by atoms with Crippen LogP contribution in [0.3, 0.4) is 0 Å². The van der Waals surface area contributed by atoms with Crippen molar-refractivity contribution in [3.05, 3.63) is 58.7 Å². The number of nitrogens with zero attached hydrogens (tertiary/aromatic N) is 1. The lowest BCUT2D eigenvalue weighted by Crippen LogP contribution is -2.56. The van der Waals surface area contributed by atoms with E-state index in [1.54, 1.807) is 63.3 Å². The van der Waals surface area contributed by atoms with Gasteiger partial charge in [0, 0.05) is 30.1 Å². The Labute approximate surface area is 245 Å². The summed E-state index contributed by atoms with van der Waals surface area (Å²) >= 11 is 0. The molecule has 4 rings (SSSR count). The lowest BCUT2D eigenvalue weighted by atomic mass is 9.77. The molecule has 2 aromatic carbocycles. The summed E-state index contributed by atoms with van der Waals surface area (Å²) in [4.78, 5) is 28.7. The fraction of sp³-hybridized carbons (Fsp3) is 0.484. The minimum Gasteiger partial charge on any atom is -0.497 e. The molecule has 0 spiro atoms. The number of rotatable bonds is 12. The van der Waals surface area contributed by atoms with Gasteiger partial charge in [-0.2, -0.15) is 0 Å². The molecule has 0 saturated carbocycles. The predicted octanol–water partition coefficient (Wildman–Crippen LogP) is 1.55. The Bertz CT molecular complexity index is 1330. The Morgan fingerprint density at radius 2 is 1.79 bits per heavy atom. The van der Waals surface area contributed by atoms with Crippen molar-refractivity contribution in [3.8, 4) is 23.0 Å². The summed E-state index contributed by atoms with van der Waals surface area (Å²) in [6.45, 7) is 3.29. The van der Waals surface area contributed by atoms with Crippen LogP contribution in [0.1, 0.15) is 36.5 Å². The van der Waals surface area contributed by atoms with Crippen molar-refractivity contribution in [2.45, 2.75) is 51.0 Å². The zero-order chi connectivity index (χ0) is 30.6. The molecular weight excluding hydrogens is 544 g/mol. The normalized spacial score (nSPS) is 20.6. The zero-order valence-electron chi connectivity index (χ0n) is 24.6. The molecule has 0 saturated heterocycles. The SMILES string of the molecule is COc1ccc(OC)c(CCN(C(=O)C(C)C)C2C=C(C(=O)NCCO)C3c4cc(CO)cc(OC)c4OC3C2O)c1. The van der Waals surface area contributed by atoms with Crippen molar-refractivity contribution in [1.29, 1.82) is 0 Å². The van der Waals surface area contributed by atoms with Crippen LogP contribution < -0.4 is 24.3 Å². The number of ether oxygens (including phenoxy) is 4. The van der Waals surface area contributed by atoms with E-state index < -0.39 is 36.0 Å². The van der Waals surface area contributed by atoms with Gasteiger partial charge in [0.05, 0.1) is 46.5 Å². The maximum atomic E-state index is 13.6. The smallest absolute Gasteiger partial charge is 0.247 e. The predicted molar refractivity (Wildman–Crippen MR) is 154 cm³/mol. The topological polar surface area (TPSA) is 147 Å². The number of aliphatic hydroxyl groups is 3. The van der Waals surface area contributed by atoms with E-state index in [0.717, 1.165) is 5.56 Å². The maximum Gasteiger partial charge on any atom is 0.247 e. The molecule has 2 aromatic rings. The average molecular weight is 585 g/mol. The first-order valence-corrected chi connectivity index (χ1v) is 14.0. The molecule has 1 aliphatic carbocycles. The Hall–Kier alpha value is -3.80. The van der Waals surface area contributed by atoms with Gasteiger partial charge in [0.25, 0.3) is 0 Å². The molecule has 0 fully saturated rings. The number of amides is 2. The van der Waals surface area contributed by atoms with Gasteiger partial charge in [-0.25, -0.2) is 0 Å². The Morgan fingerprint density at radius 1 is 1.05 bits per heavy atom. The molecule has 11 heteroatoms. The summed E-state index contributed by atoms with van der Waals surface area (Å²) in [5, 5.41) is 33.7. The molecule has 4 N–H and O–H groups in total. The highest BCUT2D eigenvalue weighted by Crippen LogP contribution is 2.51. The number of carbonyl (C=O) groups is 2.